The zero-order chi connectivity index (χ0) is 15.6. The van der Waals surface area contributed by atoms with Crippen LogP contribution < -0.4 is 5.32 Å². The normalized spacial score (nSPS) is 18.5. The van der Waals surface area contributed by atoms with Crippen molar-refractivity contribution in [2.75, 3.05) is 13.1 Å². The van der Waals surface area contributed by atoms with Crippen molar-refractivity contribution in [2.45, 2.75) is 45.6 Å². The van der Waals surface area contributed by atoms with Crippen molar-refractivity contribution >= 4 is 11.8 Å². The average molecular weight is 300 g/mol. The lowest BCUT2D eigenvalue weighted by Crippen LogP contribution is -2.47. The van der Waals surface area contributed by atoms with Crippen molar-refractivity contribution in [1.29, 1.82) is 0 Å². The summed E-state index contributed by atoms with van der Waals surface area (Å²) in [4.78, 5) is 27.1. The minimum atomic E-state index is -0.764. The van der Waals surface area contributed by atoms with Gasteiger partial charge in [0.05, 0.1) is 0 Å². The molecule has 0 unspecified atom stereocenters. The second kappa shape index (κ2) is 6.11. The van der Waals surface area contributed by atoms with Crippen molar-refractivity contribution in [3.63, 3.8) is 0 Å². The molecular formula is C18H24N2O2. The molecular weight excluding hydrogens is 276 g/mol. The first-order valence-corrected chi connectivity index (χ1v) is 8.32. The largest absolute Gasteiger partial charge is 0.355 e. The van der Waals surface area contributed by atoms with Gasteiger partial charge in [-0.2, -0.15) is 0 Å². The van der Waals surface area contributed by atoms with Crippen LogP contribution in [0.25, 0.3) is 0 Å². The predicted molar refractivity (Wildman–Crippen MR) is 85.1 cm³/mol. The van der Waals surface area contributed by atoms with Crippen LogP contribution in [0.5, 0.6) is 0 Å². The summed E-state index contributed by atoms with van der Waals surface area (Å²) in [5, 5.41) is 2.94. The number of nitrogens with zero attached hydrogens (tertiary/aromatic N) is 1. The number of unbranched alkanes of at least 4 members (excludes halogenated alkanes) is 1. The summed E-state index contributed by atoms with van der Waals surface area (Å²) in [6.45, 7) is 4.13. The lowest BCUT2D eigenvalue weighted by molar-refractivity contribution is -0.145. The fourth-order valence-electron chi connectivity index (χ4n) is 3.18. The highest BCUT2D eigenvalue weighted by Gasteiger charge is 2.57. The van der Waals surface area contributed by atoms with Gasteiger partial charge in [0.15, 0.2) is 0 Å². The summed E-state index contributed by atoms with van der Waals surface area (Å²) < 4.78 is 0. The Bertz CT molecular complexity index is 578. The van der Waals surface area contributed by atoms with Gasteiger partial charge in [0.2, 0.25) is 11.8 Å². The number of fused-ring (bicyclic) bond motifs is 1. The maximum absolute atomic E-state index is 12.8. The van der Waals surface area contributed by atoms with Gasteiger partial charge < -0.3 is 10.2 Å². The van der Waals surface area contributed by atoms with Crippen LogP contribution in [0, 0.1) is 5.41 Å². The van der Waals surface area contributed by atoms with Gasteiger partial charge in [-0.1, -0.05) is 37.6 Å². The number of nitrogens with one attached hydrogen (secondary N) is 1. The van der Waals surface area contributed by atoms with Crippen LogP contribution in [-0.2, 0) is 22.6 Å². The first kappa shape index (κ1) is 15.1. The van der Waals surface area contributed by atoms with Gasteiger partial charge >= 0.3 is 0 Å². The van der Waals surface area contributed by atoms with E-state index < -0.39 is 5.41 Å². The van der Waals surface area contributed by atoms with E-state index in [2.05, 4.69) is 24.4 Å². The van der Waals surface area contributed by atoms with E-state index in [-0.39, 0.29) is 11.8 Å². The third-order valence-electron chi connectivity index (χ3n) is 4.83. The van der Waals surface area contributed by atoms with E-state index >= 15 is 0 Å². The Labute approximate surface area is 131 Å². The number of amides is 2. The summed E-state index contributed by atoms with van der Waals surface area (Å²) >= 11 is 0. The smallest absolute Gasteiger partial charge is 0.238 e. The summed E-state index contributed by atoms with van der Waals surface area (Å²) in [6, 6.07) is 8.26. The van der Waals surface area contributed by atoms with Gasteiger partial charge in [-0.15, -0.1) is 0 Å². The molecule has 0 saturated heterocycles. The first-order valence-electron chi connectivity index (χ1n) is 8.32. The van der Waals surface area contributed by atoms with Crippen LogP contribution in [0.15, 0.2) is 24.3 Å². The number of hydrogen-bond donors (Lipinski definition) is 1. The van der Waals surface area contributed by atoms with E-state index in [1.54, 1.807) is 0 Å². The Morgan fingerprint density at radius 1 is 1.23 bits per heavy atom. The van der Waals surface area contributed by atoms with Crippen molar-refractivity contribution in [2.24, 2.45) is 5.41 Å². The van der Waals surface area contributed by atoms with Gasteiger partial charge in [0, 0.05) is 19.6 Å². The molecule has 0 bridgehead atoms. The lowest BCUT2D eigenvalue weighted by atomic mass is 9.97. The Morgan fingerprint density at radius 2 is 1.95 bits per heavy atom. The zero-order valence-electron chi connectivity index (χ0n) is 13.2. The maximum Gasteiger partial charge on any atom is 0.238 e. The molecule has 2 aliphatic rings. The molecule has 3 rings (SSSR count). The quantitative estimate of drug-likeness (QED) is 0.670. The van der Waals surface area contributed by atoms with Crippen LogP contribution in [0.2, 0.25) is 0 Å². The van der Waals surface area contributed by atoms with E-state index in [1.165, 1.54) is 11.1 Å². The Balaban J connectivity index is 1.66. The highest BCUT2D eigenvalue weighted by Crippen LogP contribution is 2.48. The number of benzene rings is 1. The molecule has 1 heterocycles. The summed E-state index contributed by atoms with van der Waals surface area (Å²) in [6.07, 6.45) is 4.29. The lowest BCUT2D eigenvalue weighted by Gasteiger charge is -2.31. The molecule has 1 saturated carbocycles. The Kier molecular flexibility index (Phi) is 4.19. The Hall–Kier alpha value is -1.84. The molecule has 2 amide bonds. The van der Waals surface area contributed by atoms with E-state index in [4.69, 9.17) is 0 Å². The van der Waals surface area contributed by atoms with Gasteiger partial charge in [0.1, 0.15) is 5.41 Å². The van der Waals surface area contributed by atoms with Crippen LogP contribution in [-0.4, -0.2) is 29.8 Å². The molecule has 0 atom stereocenters. The SMILES string of the molecule is CCCCNC(=O)C1(C(=O)N2CCc3ccccc3C2)CC1. The molecule has 0 aromatic heterocycles. The number of rotatable bonds is 5. The van der Waals surface area contributed by atoms with Gasteiger partial charge in [-0.25, -0.2) is 0 Å². The van der Waals surface area contributed by atoms with Gasteiger partial charge in [-0.3, -0.25) is 9.59 Å². The summed E-state index contributed by atoms with van der Waals surface area (Å²) in [5.74, 6) is -0.0409. The fraction of sp³-hybridized carbons (Fsp3) is 0.556. The third kappa shape index (κ3) is 2.74. The van der Waals surface area contributed by atoms with E-state index in [0.717, 1.165) is 25.8 Å². The van der Waals surface area contributed by atoms with Crippen LogP contribution in [0.1, 0.15) is 43.7 Å². The molecule has 1 fully saturated rings. The van der Waals surface area contributed by atoms with Crippen LogP contribution >= 0.6 is 0 Å². The van der Waals surface area contributed by atoms with E-state index in [0.29, 0.717) is 25.9 Å². The monoisotopic (exact) mass is 300 g/mol. The molecule has 118 valence electrons. The summed E-state index contributed by atoms with van der Waals surface area (Å²) in [5.41, 5.74) is 1.77. The van der Waals surface area contributed by atoms with Crippen LogP contribution in [0.4, 0.5) is 0 Å². The van der Waals surface area contributed by atoms with Crippen molar-refractivity contribution in [3.8, 4) is 0 Å². The van der Waals surface area contributed by atoms with E-state index in [9.17, 15) is 9.59 Å². The van der Waals surface area contributed by atoms with Crippen molar-refractivity contribution in [3.05, 3.63) is 35.4 Å². The molecule has 4 nitrogen and oxygen atoms in total. The molecule has 0 radical (unpaired) electrons. The molecule has 1 N–H and O–H groups in total. The standard InChI is InChI=1S/C18H24N2O2/c1-2-3-11-19-16(21)18(9-10-18)17(22)20-12-8-14-6-4-5-7-15(14)13-20/h4-7H,2-3,8-13H2,1H3,(H,19,21). The number of carbonyl (C=O) groups is 2. The molecule has 1 aromatic rings. The predicted octanol–water partition coefficient (Wildman–Crippen LogP) is 2.27. The fourth-order valence-corrected chi connectivity index (χ4v) is 3.18. The summed E-state index contributed by atoms with van der Waals surface area (Å²) in [7, 11) is 0. The van der Waals surface area contributed by atoms with Gasteiger partial charge in [0.25, 0.3) is 0 Å². The first-order chi connectivity index (χ1) is 10.7. The van der Waals surface area contributed by atoms with E-state index in [1.807, 2.05) is 17.0 Å². The number of hydrogen-bond acceptors (Lipinski definition) is 2. The molecule has 4 heteroatoms. The maximum atomic E-state index is 12.8. The molecule has 22 heavy (non-hydrogen) atoms. The second-order valence-electron chi connectivity index (χ2n) is 6.44. The molecule has 0 spiro atoms. The number of carbonyl (C=O) groups excluding carboxylic acids is 2. The zero-order valence-corrected chi connectivity index (χ0v) is 13.2. The Morgan fingerprint density at radius 3 is 2.64 bits per heavy atom. The third-order valence-corrected chi connectivity index (χ3v) is 4.83. The minimum Gasteiger partial charge on any atom is -0.355 e. The van der Waals surface area contributed by atoms with Crippen LogP contribution in [0.3, 0.4) is 0 Å². The van der Waals surface area contributed by atoms with Crippen molar-refractivity contribution < 1.29 is 9.59 Å². The topological polar surface area (TPSA) is 49.4 Å². The van der Waals surface area contributed by atoms with Gasteiger partial charge in [-0.05, 0) is 36.8 Å². The minimum absolute atomic E-state index is 0.0241. The highest BCUT2D eigenvalue weighted by molar-refractivity contribution is 6.07. The highest BCUT2D eigenvalue weighted by atomic mass is 16.2. The second-order valence-corrected chi connectivity index (χ2v) is 6.44. The molecule has 1 aliphatic carbocycles. The van der Waals surface area contributed by atoms with Crippen molar-refractivity contribution in [1.82, 2.24) is 10.2 Å². The molecule has 1 aliphatic heterocycles. The average Bonchev–Trinajstić information content (AvgIpc) is 3.35. The molecule has 1 aromatic carbocycles.